The van der Waals surface area contributed by atoms with E-state index in [0.717, 1.165) is 99.4 Å². The summed E-state index contributed by atoms with van der Waals surface area (Å²) in [5.74, 6) is 0.677. The summed E-state index contributed by atoms with van der Waals surface area (Å²) in [5, 5.41) is 6.40. The second kappa shape index (κ2) is 10.8. The van der Waals surface area contributed by atoms with Gasteiger partial charge in [-0.05, 0) is 48.5 Å². The topological polar surface area (TPSA) is 57.0 Å². The lowest BCUT2D eigenvalue weighted by molar-refractivity contribution is 0.665. The molecule has 4 aromatic heterocycles. The molecule has 0 saturated heterocycles. The first-order chi connectivity index (χ1) is 25.3. The van der Waals surface area contributed by atoms with Crippen molar-refractivity contribution < 1.29 is 8.83 Å². The molecule has 0 atom stereocenters. The molecule has 0 unspecified atom stereocenters. The minimum absolute atomic E-state index is 0.677. The Labute approximate surface area is 291 Å². The molecular weight excluding hydrogens is 627 g/mol. The maximum atomic E-state index is 6.71. The molecule has 0 aliphatic heterocycles. The number of furan rings is 2. The highest BCUT2D eigenvalue weighted by molar-refractivity contribution is 6.37. The van der Waals surface area contributed by atoms with Crippen molar-refractivity contribution in [3.63, 3.8) is 0 Å². The number of hydrogen-bond acceptors (Lipinski definition) is 4. The highest BCUT2D eigenvalue weighted by Gasteiger charge is 2.26. The van der Waals surface area contributed by atoms with Gasteiger partial charge in [0.1, 0.15) is 22.3 Å². The van der Waals surface area contributed by atoms with E-state index in [1.54, 1.807) is 0 Å². The van der Waals surface area contributed by atoms with Crippen molar-refractivity contribution in [2.45, 2.75) is 0 Å². The van der Waals surface area contributed by atoms with Gasteiger partial charge >= 0.3 is 0 Å². The van der Waals surface area contributed by atoms with Crippen molar-refractivity contribution in [2.24, 2.45) is 0 Å². The zero-order valence-corrected chi connectivity index (χ0v) is 27.2. The number of fused-ring (bicyclic) bond motifs is 12. The maximum Gasteiger partial charge on any atom is 0.160 e. The second-order valence-electron chi connectivity index (χ2n) is 12.9. The van der Waals surface area contributed by atoms with E-state index >= 15 is 0 Å². The van der Waals surface area contributed by atoms with E-state index in [1.165, 1.54) is 0 Å². The lowest BCUT2D eigenvalue weighted by Crippen LogP contribution is -1.97. The molecule has 0 radical (unpaired) electrons. The van der Waals surface area contributed by atoms with Gasteiger partial charge in [0.15, 0.2) is 5.82 Å². The molecule has 0 saturated carbocycles. The molecule has 0 bridgehead atoms. The van der Waals surface area contributed by atoms with Gasteiger partial charge in [-0.15, -0.1) is 0 Å². The Balaban J connectivity index is 1.18. The van der Waals surface area contributed by atoms with Crippen molar-refractivity contribution in [1.82, 2.24) is 14.5 Å². The quantitative estimate of drug-likeness (QED) is 0.190. The first kappa shape index (κ1) is 27.9. The Bertz CT molecular complexity index is 3030. The molecule has 4 heterocycles. The van der Waals surface area contributed by atoms with Crippen LogP contribution in [0, 0.1) is 0 Å². The van der Waals surface area contributed by atoms with Gasteiger partial charge in [0.05, 0.1) is 38.6 Å². The average Bonchev–Trinajstić information content (AvgIpc) is 3.88. The van der Waals surface area contributed by atoms with Crippen LogP contribution in [0.15, 0.2) is 173 Å². The molecule has 0 fully saturated rings. The summed E-state index contributed by atoms with van der Waals surface area (Å²) in [6, 6.07) is 56.3. The van der Waals surface area contributed by atoms with Crippen LogP contribution in [-0.2, 0) is 0 Å². The molecule has 5 heteroatoms. The van der Waals surface area contributed by atoms with Crippen molar-refractivity contribution in [3.05, 3.63) is 164 Å². The van der Waals surface area contributed by atoms with Gasteiger partial charge in [-0.2, -0.15) is 0 Å². The van der Waals surface area contributed by atoms with Crippen LogP contribution in [0.25, 0.3) is 105 Å². The summed E-state index contributed by atoms with van der Waals surface area (Å²) in [5.41, 5.74) is 11.3. The van der Waals surface area contributed by atoms with Crippen LogP contribution in [0.4, 0.5) is 0 Å². The molecule has 0 N–H and O–H groups in total. The van der Waals surface area contributed by atoms with Gasteiger partial charge < -0.3 is 13.4 Å². The van der Waals surface area contributed by atoms with Crippen LogP contribution < -0.4 is 0 Å². The molecule has 7 aromatic carbocycles. The number of benzene rings is 7. The van der Waals surface area contributed by atoms with Crippen LogP contribution in [0.5, 0.6) is 0 Å². The standard InChI is InChI=1S/C46H27N3O2/c1-3-13-28(14-4-1)35-27-36(29-15-5-2-6-16-29)48-46(47-35)30-23-25-31(26-24-30)49-37-20-10-7-17-32(37)40-43(49)41-33-18-8-11-21-38(33)50-45(41)42-34-19-9-12-22-39(34)51-44(40)42/h1-27H. The highest BCUT2D eigenvalue weighted by atomic mass is 16.3. The summed E-state index contributed by atoms with van der Waals surface area (Å²) in [6.07, 6.45) is 0. The van der Waals surface area contributed by atoms with E-state index in [-0.39, 0.29) is 0 Å². The molecular formula is C46H27N3O2. The monoisotopic (exact) mass is 653 g/mol. The normalized spacial score (nSPS) is 11.9. The Kier molecular flexibility index (Phi) is 5.89. The summed E-state index contributed by atoms with van der Waals surface area (Å²) < 4.78 is 15.8. The Morgan fingerprint density at radius 2 is 0.902 bits per heavy atom. The lowest BCUT2D eigenvalue weighted by Gasteiger charge is -2.12. The fraction of sp³-hybridized carbons (Fsp3) is 0. The molecule has 11 rings (SSSR count). The van der Waals surface area contributed by atoms with E-state index in [4.69, 9.17) is 18.8 Å². The summed E-state index contributed by atoms with van der Waals surface area (Å²) in [7, 11) is 0. The van der Waals surface area contributed by atoms with E-state index < -0.39 is 0 Å². The Hall–Kier alpha value is -6.98. The van der Waals surface area contributed by atoms with Crippen LogP contribution in [0.2, 0.25) is 0 Å². The predicted molar refractivity (Wildman–Crippen MR) is 207 cm³/mol. The van der Waals surface area contributed by atoms with Crippen LogP contribution in [-0.4, -0.2) is 14.5 Å². The Morgan fingerprint density at radius 1 is 0.412 bits per heavy atom. The van der Waals surface area contributed by atoms with E-state index in [2.05, 4.69) is 108 Å². The molecule has 0 spiro atoms. The van der Waals surface area contributed by atoms with Crippen molar-refractivity contribution in [1.29, 1.82) is 0 Å². The third-order valence-corrected chi connectivity index (χ3v) is 10.0. The minimum atomic E-state index is 0.677. The van der Waals surface area contributed by atoms with Crippen molar-refractivity contribution in [2.75, 3.05) is 0 Å². The second-order valence-corrected chi connectivity index (χ2v) is 12.9. The molecule has 0 amide bonds. The number of para-hydroxylation sites is 3. The van der Waals surface area contributed by atoms with Gasteiger partial charge in [-0.3, -0.25) is 0 Å². The number of aromatic nitrogens is 3. The third kappa shape index (κ3) is 4.15. The molecule has 0 aliphatic carbocycles. The Morgan fingerprint density at radius 3 is 1.51 bits per heavy atom. The summed E-state index contributed by atoms with van der Waals surface area (Å²) >= 11 is 0. The van der Waals surface area contributed by atoms with Crippen LogP contribution in [0.1, 0.15) is 0 Å². The molecule has 0 aliphatic rings. The van der Waals surface area contributed by atoms with Crippen molar-refractivity contribution >= 4 is 65.7 Å². The average molecular weight is 654 g/mol. The van der Waals surface area contributed by atoms with Crippen LogP contribution >= 0.6 is 0 Å². The first-order valence-electron chi connectivity index (χ1n) is 17.1. The number of nitrogens with zero attached hydrogens (tertiary/aromatic N) is 3. The van der Waals surface area contributed by atoms with Gasteiger partial charge in [0.2, 0.25) is 0 Å². The van der Waals surface area contributed by atoms with Gasteiger partial charge in [0, 0.05) is 38.5 Å². The number of hydrogen-bond donors (Lipinski definition) is 0. The van der Waals surface area contributed by atoms with Crippen LogP contribution in [0.3, 0.4) is 0 Å². The fourth-order valence-electron chi connectivity index (χ4n) is 7.73. The molecule has 51 heavy (non-hydrogen) atoms. The van der Waals surface area contributed by atoms with E-state index in [1.807, 2.05) is 60.7 Å². The summed E-state index contributed by atoms with van der Waals surface area (Å²) in [4.78, 5) is 10.1. The molecule has 11 aromatic rings. The first-order valence-corrected chi connectivity index (χ1v) is 17.1. The number of rotatable bonds is 4. The highest BCUT2D eigenvalue weighted by Crippen LogP contribution is 2.48. The third-order valence-electron chi connectivity index (χ3n) is 10.0. The SMILES string of the molecule is c1ccc(-c2cc(-c3ccccc3)nc(-c3ccc(-n4c5ccccc5c5c6oc7ccccc7c6c6oc7ccccc7c6c54)cc3)n2)cc1. The molecule has 238 valence electrons. The smallest absolute Gasteiger partial charge is 0.160 e. The minimum Gasteiger partial charge on any atom is -0.455 e. The van der Waals surface area contributed by atoms with Gasteiger partial charge in [-0.25, -0.2) is 9.97 Å². The molecule has 5 nitrogen and oxygen atoms in total. The van der Waals surface area contributed by atoms with Gasteiger partial charge in [0.25, 0.3) is 0 Å². The van der Waals surface area contributed by atoms with Crippen molar-refractivity contribution in [3.8, 4) is 39.6 Å². The zero-order chi connectivity index (χ0) is 33.5. The predicted octanol–water partition coefficient (Wildman–Crippen LogP) is 12.4. The largest absolute Gasteiger partial charge is 0.455 e. The van der Waals surface area contributed by atoms with E-state index in [9.17, 15) is 0 Å². The maximum absolute atomic E-state index is 6.71. The van der Waals surface area contributed by atoms with E-state index in [0.29, 0.717) is 5.82 Å². The fourth-order valence-corrected chi connectivity index (χ4v) is 7.73. The zero-order valence-electron chi connectivity index (χ0n) is 27.2. The summed E-state index contributed by atoms with van der Waals surface area (Å²) in [6.45, 7) is 0. The lowest BCUT2D eigenvalue weighted by atomic mass is 10.0. The van der Waals surface area contributed by atoms with Gasteiger partial charge in [-0.1, -0.05) is 115 Å².